The number of rotatable bonds is 4. The third-order valence-electron chi connectivity index (χ3n) is 2.80. The van der Waals surface area contributed by atoms with E-state index in [0.29, 0.717) is 11.7 Å². The number of nitrogens with zero attached hydrogens (tertiary/aromatic N) is 3. The molecule has 0 aliphatic heterocycles. The molecule has 0 N–H and O–H groups in total. The van der Waals surface area contributed by atoms with Gasteiger partial charge in [0.1, 0.15) is 5.69 Å². The largest absolute Gasteiger partial charge is 0.334 e. The zero-order chi connectivity index (χ0) is 11.7. The maximum absolute atomic E-state index is 12.3. The Bertz CT molecular complexity index is 398. The molecule has 1 amide bonds. The molecular weight excluding hydrogens is 270 g/mol. The van der Waals surface area contributed by atoms with Crippen molar-refractivity contribution < 1.29 is 4.79 Å². The van der Waals surface area contributed by atoms with Gasteiger partial charge in [-0.2, -0.15) is 5.10 Å². The number of aryl methyl sites for hydroxylation is 2. The van der Waals surface area contributed by atoms with Crippen molar-refractivity contribution in [3.63, 3.8) is 0 Å². The van der Waals surface area contributed by atoms with E-state index in [-0.39, 0.29) is 5.91 Å². The Labute approximate surface area is 104 Å². The summed E-state index contributed by atoms with van der Waals surface area (Å²) in [6, 6.07) is 2.30. The van der Waals surface area contributed by atoms with Crippen molar-refractivity contribution in [2.75, 3.05) is 11.9 Å². The summed E-state index contributed by atoms with van der Waals surface area (Å²) in [5, 5.41) is 5.04. The lowest BCUT2D eigenvalue weighted by atomic mass is 10.3. The summed E-state index contributed by atoms with van der Waals surface area (Å²) in [6.45, 7) is 2.68. The number of amides is 1. The highest BCUT2D eigenvalue weighted by Crippen LogP contribution is 2.28. The quantitative estimate of drug-likeness (QED) is 0.791. The molecule has 0 saturated heterocycles. The Morgan fingerprint density at radius 2 is 2.38 bits per heavy atom. The van der Waals surface area contributed by atoms with Gasteiger partial charge in [0.25, 0.3) is 5.91 Å². The number of alkyl halides is 1. The molecule has 0 aromatic carbocycles. The molecule has 4 nitrogen and oxygen atoms in total. The van der Waals surface area contributed by atoms with Crippen LogP contribution < -0.4 is 0 Å². The van der Waals surface area contributed by atoms with Gasteiger partial charge in [0.2, 0.25) is 0 Å². The summed E-state index contributed by atoms with van der Waals surface area (Å²) in [7, 11) is 1.82. The Kier molecular flexibility index (Phi) is 3.33. The van der Waals surface area contributed by atoms with Crippen LogP contribution in [0.15, 0.2) is 6.07 Å². The summed E-state index contributed by atoms with van der Waals surface area (Å²) in [4.78, 5) is 14.2. The van der Waals surface area contributed by atoms with E-state index < -0.39 is 0 Å². The van der Waals surface area contributed by atoms with Gasteiger partial charge in [0.05, 0.1) is 5.69 Å². The van der Waals surface area contributed by atoms with Crippen LogP contribution in [0.2, 0.25) is 0 Å². The summed E-state index contributed by atoms with van der Waals surface area (Å²) >= 11 is 3.39. The molecule has 0 atom stereocenters. The highest BCUT2D eigenvalue weighted by atomic mass is 79.9. The van der Waals surface area contributed by atoms with Crippen molar-refractivity contribution in [3.05, 3.63) is 17.5 Å². The van der Waals surface area contributed by atoms with Gasteiger partial charge in [-0.3, -0.25) is 9.48 Å². The number of halogens is 1. The SMILES string of the molecule is Cc1cc(C(=O)N(CCBr)C2CC2)n(C)n1. The van der Waals surface area contributed by atoms with E-state index in [1.807, 2.05) is 24.9 Å². The van der Waals surface area contributed by atoms with E-state index in [4.69, 9.17) is 0 Å². The standard InChI is InChI=1S/C11H16BrN3O/c1-8-7-10(14(2)13-8)11(16)15(6-5-12)9-3-4-9/h7,9H,3-6H2,1-2H3. The topological polar surface area (TPSA) is 38.1 Å². The molecule has 0 bridgehead atoms. The molecule has 1 aliphatic rings. The lowest BCUT2D eigenvalue weighted by Crippen LogP contribution is -2.35. The Balaban J connectivity index is 2.18. The molecular formula is C11H16BrN3O. The van der Waals surface area contributed by atoms with Crippen LogP contribution in [0.4, 0.5) is 0 Å². The van der Waals surface area contributed by atoms with Gasteiger partial charge in [-0.05, 0) is 25.8 Å². The lowest BCUT2D eigenvalue weighted by Gasteiger charge is -2.21. The first kappa shape index (κ1) is 11.6. The lowest BCUT2D eigenvalue weighted by molar-refractivity contribution is 0.0743. The number of carbonyl (C=O) groups is 1. The first-order valence-electron chi connectivity index (χ1n) is 5.51. The maximum Gasteiger partial charge on any atom is 0.272 e. The third-order valence-corrected chi connectivity index (χ3v) is 3.15. The molecule has 16 heavy (non-hydrogen) atoms. The molecule has 2 rings (SSSR count). The summed E-state index contributed by atoms with van der Waals surface area (Å²) in [5.41, 5.74) is 1.57. The molecule has 0 unspecified atom stereocenters. The van der Waals surface area contributed by atoms with Crippen LogP contribution in [0.5, 0.6) is 0 Å². The van der Waals surface area contributed by atoms with Crippen LogP contribution in [-0.2, 0) is 7.05 Å². The molecule has 1 fully saturated rings. The fourth-order valence-corrected chi connectivity index (χ4v) is 2.27. The van der Waals surface area contributed by atoms with Gasteiger partial charge < -0.3 is 4.90 Å². The van der Waals surface area contributed by atoms with Crippen LogP contribution >= 0.6 is 15.9 Å². The van der Waals surface area contributed by atoms with E-state index in [1.165, 1.54) is 0 Å². The number of hydrogen-bond acceptors (Lipinski definition) is 2. The molecule has 5 heteroatoms. The minimum absolute atomic E-state index is 0.102. The van der Waals surface area contributed by atoms with E-state index in [0.717, 1.165) is 30.4 Å². The Morgan fingerprint density at radius 3 is 2.81 bits per heavy atom. The molecule has 1 saturated carbocycles. The molecule has 88 valence electrons. The normalized spacial score (nSPS) is 15.2. The second-order valence-electron chi connectivity index (χ2n) is 4.21. The second kappa shape index (κ2) is 4.57. The van der Waals surface area contributed by atoms with E-state index in [1.54, 1.807) is 4.68 Å². The highest BCUT2D eigenvalue weighted by molar-refractivity contribution is 9.09. The second-order valence-corrected chi connectivity index (χ2v) is 5.01. The Hall–Kier alpha value is -0.840. The number of aromatic nitrogens is 2. The first-order valence-corrected chi connectivity index (χ1v) is 6.63. The van der Waals surface area contributed by atoms with E-state index in [9.17, 15) is 4.79 Å². The summed E-state index contributed by atoms with van der Waals surface area (Å²) in [6.07, 6.45) is 2.27. The fraction of sp³-hybridized carbons (Fsp3) is 0.636. The van der Waals surface area contributed by atoms with Gasteiger partial charge in [0.15, 0.2) is 0 Å². The van der Waals surface area contributed by atoms with Crippen LogP contribution in [0.1, 0.15) is 29.0 Å². The van der Waals surface area contributed by atoms with Crippen LogP contribution in [0.3, 0.4) is 0 Å². The summed E-state index contributed by atoms with van der Waals surface area (Å²) in [5.74, 6) is 0.102. The number of hydrogen-bond donors (Lipinski definition) is 0. The van der Waals surface area contributed by atoms with Crippen molar-refractivity contribution in [3.8, 4) is 0 Å². The van der Waals surface area contributed by atoms with E-state index >= 15 is 0 Å². The van der Waals surface area contributed by atoms with Crippen molar-refractivity contribution >= 4 is 21.8 Å². The highest BCUT2D eigenvalue weighted by Gasteiger charge is 2.33. The van der Waals surface area contributed by atoms with Crippen LogP contribution in [0, 0.1) is 6.92 Å². The summed E-state index contributed by atoms with van der Waals surface area (Å²) < 4.78 is 1.67. The van der Waals surface area contributed by atoms with Crippen molar-refractivity contribution in [2.24, 2.45) is 7.05 Å². The van der Waals surface area contributed by atoms with Crippen molar-refractivity contribution in [2.45, 2.75) is 25.8 Å². The monoisotopic (exact) mass is 285 g/mol. The van der Waals surface area contributed by atoms with Crippen molar-refractivity contribution in [1.82, 2.24) is 14.7 Å². The van der Waals surface area contributed by atoms with Gasteiger partial charge >= 0.3 is 0 Å². The molecule has 1 heterocycles. The minimum Gasteiger partial charge on any atom is -0.334 e. The van der Waals surface area contributed by atoms with Gasteiger partial charge in [-0.15, -0.1) is 0 Å². The van der Waals surface area contributed by atoms with Crippen molar-refractivity contribution in [1.29, 1.82) is 0 Å². The van der Waals surface area contributed by atoms with Crippen LogP contribution in [-0.4, -0.2) is 38.5 Å². The zero-order valence-electron chi connectivity index (χ0n) is 9.61. The number of carbonyl (C=O) groups excluding carboxylic acids is 1. The maximum atomic E-state index is 12.3. The fourth-order valence-electron chi connectivity index (χ4n) is 1.89. The molecule has 0 radical (unpaired) electrons. The predicted molar refractivity (Wildman–Crippen MR) is 65.8 cm³/mol. The zero-order valence-corrected chi connectivity index (χ0v) is 11.2. The third kappa shape index (κ3) is 2.29. The Morgan fingerprint density at radius 1 is 1.69 bits per heavy atom. The molecule has 0 spiro atoms. The average molecular weight is 286 g/mol. The minimum atomic E-state index is 0.102. The molecule has 1 aliphatic carbocycles. The molecule has 1 aromatic rings. The smallest absolute Gasteiger partial charge is 0.272 e. The average Bonchev–Trinajstić information content (AvgIpc) is 3.00. The van der Waals surface area contributed by atoms with Gasteiger partial charge in [-0.25, -0.2) is 0 Å². The van der Waals surface area contributed by atoms with Crippen LogP contribution in [0.25, 0.3) is 0 Å². The van der Waals surface area contributed by atoms with Gasteiger partial charge in [-0.1, -0.05) is 15.9 Å². The molecule has 1 aromatic heterocycles. The first-order chi connectivity index (χ1) is 7.63. The van der Waals surface area contributed by atoms with E-state index in [2.05, 4.69) is 21.0 Å². The van der Waals surface area contributed by atoms with Gasteiger partial charge in [0, 0.05) is 25.0 Å². The predicted octanol–water partition coefficient (Wildman–Crippen LogP) is 1.73.